The van der Waals surface area contributed by atoms with E-state index in [0.29, 0.717) is 13.1 Å². The summed E-state index contributed by atoms with van der Waals surface area (Å²) in [5.41, 5.74) is 0.335. The zero-order valence-electron chi connectivity index (χ0n) is 13.5. The smallest absolute Gasteiger partial charge is 0.123 e. The van der Waals surface area contributed by atoms with Crippen molar-refractivity contribution in [1.29, 1.82) is 0 Å². The second-order valence-electron chi connectivity index (χ2n) is 6.47. The third-order valence-electron chi connectivity index (χ3n) is 4.06. The van der Waals surface area contributed by atoms with Gasteiger partial charge in [0.25, 0.3) is 0 Å². The van der Waals surface area contributed by atoms with E-state index in [1.807, 2.05) is 19.1 Å². The highest BCUT2D eigenvalue weighted by molar-refractivity contribution is 5.20. The molecule has 1 aromatic carbocycles. The Labute approximate surface area is 132 Å². The first-order valence-corrected chi connectivity index (χ1v) is 7.95. The van der Waals surface area contributed by atoms with Crippen LogP contribution in [0.4, 0.5) is 4.39 Å². The van der Waals surface area contributed by atoms with E-state index in [-0.39, 0.29) is 11.7 Å². The van der Waals surface area contributed by atoms with Crippen molar-refractivity contribution < 1.29 is 14.2 Å². The first-order valence-electron chi connectivity index (χ1n) is 7.95. The van der Waals surface area contributed by atoms with Gasteiger partial charge in [-0.3, -0.25) is 4.90 Å². The Morgan fingerprint density at radius 3 is 2.59 bits per heavy atom. The summed E-state index contributed by atoms with van der Waals surface area (Å²) in [6.45, 7) is 9.13. The summed E-state index contributed by atoms with van der Waals surface area (Å²) in [6, 6.07) is 6.60. The molecule has 1 aliphatic heterocycles. The van der Waals surface area contributed by atoms with Gasteiger partial charge in [-0.25, -0.2) is 4.39 Å². The standard InChI is InChI=1S/C17H27FN2O2/c1-14(15-3-5-16(18)6-4-15)11-19-12-17(2,21)13-20-7-9-22-10-8-20/h3-6,14,19,21H,7-13H2,1-2H3. The summed E-state index contributed by atoms with van der Waals surface area (Å²) in [5, 5.41) is 13.8. The minimum Gasteiger partial charge on any atom is -0.388 e. The second-order valence-corrected chi connectivity index (χ2v) is 6.47. The average molecular weight is 310 g/mol. The molecule has 0 spiro atoms. The number of aliphatic hydroxyl groups is 1. The van der Waals surface area contributed by atoms with E-state index in [4.69, 9.17) is 4.74 Å². The van der Waals surface area contributed by atoms with Crippen LogP contribution in [0.3, 0.4) is 0 Å². The predicted octanol–water partition coefficient (Wildman–Crippen LogP) is 1.60. The predicted molar refractivity (Wildman–Crippen MR) is 85.6 cm³/mol. The molecule has 0 aromatic heterocycles. The molecule has 1 aromatic rings. The maximum atomic E-state index is 12.9. The molecule has 2 N–H and O–H groups in total. The van der Waals surface area contributed by atoms with E-state index in [1.165, 1.54) is 12.1 Å². The van der Waals surface area contributed by atoms with Crippen molar-refractivity contribution in [3.05, 3.63) is 35.6 Å². The van der Waals surface area contributed by atoms with Crippen LogP contribution >= 0.6 is 0 Å². The summed E-state index contributed by atoms with van der Waals surface area (Å²) < 4.78 is 18.2. The van der Waals surface area contributed by atoms with Crippen molar-refractivity contribution in [3.63, 3.8) is 0 Å². The average Bonchev–Trinajstić information content (AvgIpc) is 2.48. The molecule has 2 rings (SSSR count). The molecule has 0 amide bonds. The third kappa shape index (κ3) is 5.65. The highest BCUT2D eigenvalue weighted by atomic mass is 19.1. The van der Waals surface area contributed by atoms with E-state index in [9.17, 15) is 9.50 Å². The zero-order chi connectivity index (χ0) is 16.0. The van der Waals surface area contributed by atoms with Crippen molar-refractivity contribution in [3.8, 4) is 0 Å². The number of β-amino-alcohol motifs (C(OH)–C–C–N with tert-alkyl or cyclic N) is 1. The van der Waals surface area contributed by atoms with Gasteiger partial charge in [0.15, 0.2) is 0 Å². The lowest BCUT2D eigenvalue weighted by Gasteiger charge is -2.34. The lowest BCUT2D eigenvalue weighted by molar-refractivity contribution is -0.0218. The topological polar surface area (TPSA) is 44.7 Å². The molecule has 0 aliphatic carbocycles. The summed E-state index contributed by atoms with van der Waals surface area (Å²) in [7, 11) is 0. The van der Waals surface area contributed by atoms with Gasteiger partial charge in [-0.05, 0) is 30.5 Å². The largest absolute Gasteiger partial charge is 0.388 e. The maximum absolute atomic E-state index is 12.9. The van der Waals surface area contributed by atoms with Crippen LogP contribution in [-0.4, -0.2) is 61.5 Å². The molecular weight excluding hydrogens is 283 g/mol. The van der Waals surface area contributed by atoms with Gasteiger partial charge in [0.1, 0.15) is 5.82 Å². The number of morpholine rings is 1. The molecule has 1 aliphatic rings. The van der Waals surface area contributed by atoms with Gasteiger partial charge in [-0.15, -0.1) is 0 Å². The molecule has 1 saturated heterocycles. The Bertz CT molecular complexity index is 444. The Balaban J connectivity index is 1.72. The fourth-order valence-electron chi connectivity index (χ4n) is 2.76. The summed E-state index contributed by atoms with van der Waals surface area (Å²) in [4.78, 5) is 2.23. The van der Waals surface area contributed by atoms with Gasteiger partial charge in [0.05, 0.1) is 18.8 Å². The molecule has 1 fully saturated rings. The molecule has 4 nitrogen and oxygen atoms in total. The first-order chi connectivity index (χ1) is 10.5. The van der Waals surface area contributed by atoms with Crippen LogP contribution in [0.25, 0.3) is 0 Å². The fourth-order valence-corrected chi connectivity index (χ4v) is 2.76. The van der Waals surface area contributed by atoms with E-state index in [2.05, 4.69) is 17.1 Å². The van der Waals surface area contributed by atoms with Crippen molar-refractivity contribution >= 4 is 0 Å². The molecule has 5 heteroatoms. The minimum atomic E-state index is -0.764. The number of hydrogen-bond donors (Lipinski definition) is 2. The van der Waals surface area contributed by atoms with Gasteiger partial charge in [-0.2, -0.15) is 0 Å². The Morgan fingerprint density at radius 2 is 1.95 bits per heavy atom. The van der Waals surface area contributed by atoms with Gasteiger partial charge in [-0.1, -0.05) is 19.1 Å². The molecule has 0 bridgehead atoms. The van der Waals surface area contributed by atoms with Gasteiger partial charge >= 0.3 is 0 Å². The van der Waals surface area contributed by atoms with Crippen LogP contribution in [0.15, 0.2) is 24.3 Å². The normalized spacial score (nSPS) is 20.5. The lowest BCUT2D eigenvalue weighted by atomic mass is 10.0. The van der Waals surface area contributed by atoms with Crippen LogP contribution in [0.2, 0.25) is 0 Å². The summed E-state index contributed by atoms with van der Waals surface area (Å²) >= 11 is 0. The van der Waals surface area contributed by atoms with Gasteiger partial charge in [0.2, 0.25) is 0 Å². The van der Waals surface area contributed by atoms with Crippen molar-refractivity contribution in [1.82, 2.24) is 10.2 Å². The number of hydrogen-bond acceptors (Lipinski definition) is 4. The highest BCUT2D eigenvalue weighted by Gasteiger charge is 2.25. The molecular formula is C17H27FN2O2. The molecule has 0 saturated carbocycles. The van der Waals surface area contributed by atoms with E-state index < -0.39 is 5.60 Å². The first kappa shape index (κ1) is 17.3. The Morgan fingerprint density at radius 1 is 1.32 bits per heavy atom. The molecule has 2 atom stereocenters. The summed E-state index contributed by atoms with van der Waals surface area (Å²) in [5.74, 6) is 0.0668. The number of nitrogens with one attached hydrogen (secondary N) is 1. The monoisotopic (exact) mass is 310 g/mol. The maximum Gasteiger partial charge on any atom is 0.123 e. The van der Waals surface area contributed by atoms with Crippen molar-refractivity contribution in [2.75, 3.05) is 45.9 Å². The SMILES string of the molecule is CC(CNCC(C)(O)CN1CCOCC1)c1ccc(F)cc1. The van der Waals surface area contributed by atoms with Crippen molar-refractivity contribution in [2.45, 2.75) is 25.4 Å². The molecule has 124 valence electrons. The van der Waals surface area contributed by atoms with Crippen LogP contribution < -0.4 is 5.32 Å². The van der Waals surface area contributed by atoms with E-state index in [0.717, 1.165) is 38.4 Å². The van der Waals surface area contributed by atoms with E-state index >= 15 is 0 Å². The molecule has 22 heavy (non-hydrogen) atoms. The summed E-state index contributed by atoms with van der Waals surface area (Å²) in [6.07, 6.45) is 0. The number of ether oxygens (including phenoxy) is 1. The Kier molecular flexibility index (Phi) is 6.32. The molecule has 1 heterocycles. The van der Waals surface area contributed by atoms with Gasteiger partial charge < -0.3 is 15.2 Å². The van der Waals surface area contributed by atoms with Crippen LogP contribution in [-0.2, 0) is 4.74 Å². The van der Waals surface area contributed by atoms with Crippen molar-refractivity contribution in [2.24, 2.45) is 0 Å². The molecule has 2 unspecified atom stereocenters. The minimum absolute atomic E-state index is 0.211. The zero-order valence-corrected chi connectivity index (χ0v) is 13.5. The number of halogens is 1. The van der Waals surface area contributed by atoms with Crippen LogP contribution in [0, 0.1) is 5.82 Å². The third-order valence-corrected chi connectivity index (χ3v) is 4.06. The van der Waals surface area contributed by atoms with Crippen LogP contribution in [0.1, 0.15) is 25.3 Å². The van der Waals surface area contributed by atoms with Gasteiger partial charge in [0, 0.05) is 32.7 Å². The fraction of sp³-hybridized carbons (Fsp3) is 0.647. The second kappa shape index (κ2) is 8.02. The molecule has 0 radical (unpaired) electrons. The lowest BCUT2D eigenvalue weighted by Crippen LogP contribution is -2.50. The number of benzene rings is 1. The quantitative estimate of drug-likeness (QED) is 0.803. The highest BCUT2D eigenvalue weighted by Crippen LogP contribution is 2.15. The van der Waals surface area contributed by atoms with Crippen LogP contribution in [0.5, 0.6) is 0 Å². The van der Waals surface area contributed by atoms with E-state index in [1.54, 1.807) is 0 Å². The number of rotatable bonds is 7. The number of nitrogens with zero attached hydrogens (tertiary/aromatic N) is 1. The Hall–Kier alpha value is -1.01.